The Kier molecular flexibility index (Phi) is 1.82. The van der Waals surface area contributed by atoms with E-state index < -0.39 is 0 Å². The molecule has 0 bridgehead atoms. The van der Waals surface area contributed by atoms with Gasteiger partial charge in [-0.15, -0.1) is 0 Å². The van der Waals surface area contributed by atoms with Crippen molar-refractivity contribution in [2.24, 2.45) is 0 Å². The van der Waals surface area contributed by atoms with Gasteiger partial charge in [0, 0.05) is 5.75 Å². The Morgan fingerprint density at radius 3 is 2.90 bits per heavy atom. The van der Waals surface area contributed by atoms with Crippen LogP contribution in [0.15, 0.2) is 0 Å². The Hall–Kier alpha value is 0.170. The van der Waals surface area contributed by atoms with Gasteiger partial charge in [0.25, 0.3) is 0 Å². The zero-order valence-electron chi connectivity index (χ0n) is 5.71. The molecule has 0 unspecified atom stereocenters. The summed E-state index contributed by atoms with van der Waals surface area (Å²) in [5.41, 5.74) is 0. The van der Waals surface area contributed by atoms with Crippen molar-refractivity contribution >= 4 is 29.6 Å². The molecule has 0 aromatic carbocycles. The molecule has 1 N–H and O–H groups in total. The average Bonchev–Trinajstić information content (AvgIpc) is 2.31. The van der Waals surface area contributed by atoms with Crippen molar-refractivity contribution in [1.82, 2.24) is 5.32 Å². The van der Waals surface area contributed by atoms with Crippen LogP contribution in [-0.4, -0.2) is 40.4 Å². The fourth-order valence-corrected chi connectivity index (χ4v) is 2.51. The van der Waals surface area contributed by atoms with Gasteiger partial charge in [-0.25, -0.2) is 0 Å². The van der Waals surface area contributed by atoms with Gasteiger partial charge in [0.05, 0.1) is 11.8 Å². The van der Waals surface area contributed by atoms with Gasteiger partial charge >= 0.3 is 5.17 Å². The van der Waals surface area contributed by atoms with Crippen molar-refractivity contribution in [1.29, 1.82) is 0 Å². The first kappa shape index (κ1) is 6.85. The molecule has 2 nitrogen and oxygen atoms in total. The van der Waals surface area contributed by atoms with Gasteiger partial charge in [-0.1, -0.05) is 0 Å². The number of hydrogen-bond acceptors (Lipinski definition) is 2. The SMILES string of the molecule is SC1C[N+](=C2NCCS2)C1. The highest BCUT2D eigenvalue weighted by Gasteiger charge is 2.29. The minimum absolute atomic E-state index is 0.607. The highest BCUT2D eigenvalue weighted by atomic mass is 32.2. The molecule has 0 aromatic rings. The molecular weight excluding hydrogens is 164 g/mol. The number of amidine groups is 1. The third-order valence-corrected chi connectivity index (χ3v) is 3.18. The molecule has 0 spiro atoms. The van der Waals surface area contributed by atoms with Gasteiger partial charge in [-0.2, -0.15) is 12.6 Å². The predicted molar refractivity (Wildman–Crippen MR) is 48.2 cm³/mol. The average molecular weight is 175 g/mol. The summed E-state index contributed by atoms with van der Waals surface area (Å²) in [6.45, 7) is 3.38. The Bertz CT molecular complexity index is 163. The van der Waals surface area contributed by atoms with Gasteiger partial charge in [0.1, 0.15) is 13.1 Å². The maximum absolute atomic E-state index is 4.34. The number of thiol groups is 1. The second-order valence-corrected chi connectivity index (χ2v) is 4.45. The molecule has 0 radical (unpaired) electrons. The van der Waals surface area contributed by atoms with Crippen LogP contribution in [0.1, 0.15) is 0 Å². The van der Waals surface area contributed by atoms with Crippen molar-refractivity contribution in [2.45, 2.75) is 5.25 Å². The molecule has 2 fully saturated rings. The second-order valence-electron chi connectivity index (χ2n) is 2.64. The summed E-state index contributed by atoms with van der Waals surface area (Å²) in [7, 11) is 0. The molecule has 10 heavy (non-hydrogen) atoms. The molecule has 0 saturated carbocycles. The molecule has 0 aromatic heterocycles. The molecule has 2 aliphatic heterocycles. The summed E-state index contributed by atoms with van der Waals surface area (Å²) in [5.74, 6) is 1.23. The Balaban J connectivity index is 2.01. The van der Waals surface area contributed by atoms with E-state index in [1.165, 1.54) is 10.9 Å². The van der Waals surface area contributed by atoms with E-state index in [4.69, 9.17) is 0 Å². The smallest absolute Gasteiger partial charge is 0.268 e. The van der Waals surface area contributed by atoms with Crippen molar-refractivity contribution in [3.05, 3.63) is 0 Å². The number of hydrogen-bond donors (Lipinski definition) is 2. The third-order valence-electron chi connectivity index (χ3n) is 1.77. The maximum Gasteiger partial charge on any atom is 0.306 e. The van der Waals surface area contributed by atoms with Gasteiger partial charge < -0.3 is 0 Å². The van der Waals surface area contributed by atoms with E-state index in [1.54, 1.807) is 0 Å². The van der Waals surface area contributed by atoms with E-state index in [9.17, 15) is 0 Å². The highest BCUT2D eigenvalue weighted by Crippen LogP contribution is 2.14. The van der Waals surface area contributed by atoms with Crippen LogP contribution in [0, 0.1) is 0 Å². The van der Waals surface area contributed by atoms with Crippen LogP contribution < -0.4 is 5.32 Å². The highest BCUT2D eigenvalue weighted by molar-refractivity contribution is 8.13. The number of nitrogens with one attached hydrogen (secondary N) is 1. The van der Waals surface area contributed by atoms with Crippen molar-refractivity contribution < 1.29 is 4.58 Å². The van der Waals surface area contributed by atoms with Crippen LogP contribution in [0.2, 0.25) is 0 Å². The first-order valence-electron chi connectivity index (χ1n) is 3.53. The van der Waals surface area contributed by atoms with Crippen LogP contribution in [0.3, 0.4) is 0 Å². The van der Waals surface area contributed by atoms with Crippen LogP contribution >= 0.6 is 24.4 Å². The topological polar surface area (TPSA) is 15.0 Å². The summed E-state index contributed by atoms with van der Waals surface area (Å²) >= 11 is 6.27. The van der Waals surface area contributed by atoms with E-state index in [2.05, 4.69) is 22.5 Å². The van der Waals surface area contributed by atoms with Crippen molar-refractivity contribution in [3.63, 3.8) is 0 Å². The van der Waals surface area contributed by atoms with Crippen LogP contribution in [0.25, 0.3) is 0 Å². The second kappa shape index (κ2) is 2.66. The molecule has 2 aliphatic rings. The lowest BCUT2D eigenvalue weighted by atomic mass is 10.3. The molecule has 2 rings (SSSR count). The zero-order valence-corrected chi connectivity index (χ0v) is 7.42. The number of nitrogens with zero attached hydrogens (tertiary/aromatic N) is 1. The van der Waals surface area contributed by atoms with E-state index in [1.807, 2.05) is 11.8 Å². The predicted octanol–water partition coefficient (Wildman–Crippen LogP) is 0.00330. The fourth-order valence-electron chi connectivity index (χ4n) is 1.18. The summed E-state index contributed by atoms with van der Waals surface area (Å²) in [6, 6.07) is 0. The van der Waals surface area contributed by atoms with E-state index in [0.717, 1.165) is 19.6 Å². The zero-order chi connectivity index (χ0) is 6.97. The number of thioether (sulfide) groups is 1. The summed E-state index contributed by atoms with van der Waals surface area (Å²) < 4.78 is 2.36. The minimum atomic E-state index is 0.607. The number of rotatable bonds is 0. The monoisotopic (exact) mass is 175 g/mol. The largest absolute Gasteiger partial charge is 0.306 e. The third kappa shape index (κ3) is 1.14. The molecular formula is C6H11N2S2+. The Labute approximate surface area is 70.5 Å². The van der Waals surface area contributed by atoms with Crippen LogP contribution in [0.5, 0.6) is 0 Å². The molecule has 2 saturated heterocycles. The lowest BCUT2D eigenvalue weighted by Gasteiger charge is -2.23. The van der Waals surface area contributed by atoms with Gasteiger partial charge in [0.2, 0.25) is 0 Å². The maximum atomic E-state index is 4.34. The van der Waals surface area contributed by atoms with Crippen LogP contribution in [0.4, 0.5) is 0 Å². The molecule has 0 atom stereocenters. The summed E-state index contributed by atoms with van der Waals surface area (Å²) in [6.07, 6.45) is 0. The molecule has 4 heteroatoms. The summed E-state index contributed by atoms with van der Waals surface area (Å²) in [5, 5.41) is 5.32. The lowest BCUT2D eigenvalue weighted by Crippen LogP contribution is -2.45. The Morgan fingerprint density at radius 1 is 1.60 bits per heavy atom. The van der Waals surface area contributed by atoms with Crippen LogP contribution in [-0.2, 0) is 0 Å². The molecule has 2 heterocycles. The first-order valence-corrected chi connectivity index (χ1v) is 5.03. The quantitative estimate of drug-likeness (QED) is 0.398. The first-order chi connectivity index (χ1) is 4.86. The fraction of sp³-hybridized carbons (Fsp3) is 0.833. The minimum Gasteiger partial charge on any atom is -0.268 e. The molecule has 56 valence electrons. The normalized spacial score (nSPS) is 31.9. The molecule has 0 amide bonds. The Morgan fingerprint density at radius 2 is 2.40 bits per heavy atom. The lowest BCUT2D eigenvalue weighted by molar-refractivity contribution is -0.578. The van der Waals surface area contributed by atoms with Crippen molar-refractivity contribution in [3.8, 4) is 0 Å². The van der Waals surface area contributed by atoms with E-state index >= 15 is 0 Å². The van der Waals surface area contributed by atoms with Gasteiger partial charge in [0.15, 0.2) is 0 Å². The van der Waals surface area contributed by atoms with Crippen molar-refractivity contribution in [2.75, 3.05) is 25.4 Å². The van der Waals surface area contributed by atoms with Gasteiger partial charge in [-0.3, -0.25) is 9.89 Å². The molecule has 0 aliphatic carbocycles. The standard InChI is InChI=1S/C6H10N2S2/c9-5-3-8(4-5)6-7-1-2-10-6/h5,9H,1-4H2/p+1. The van der Waals surface area contributed by atoms with E-state index in [0.29, 0.717) is 5.25 Å². The van der Waals surface area contributed by atoms with Gasteiger partial charge in [-0.05, 0) is 11.8 Å². The van der Waals surface area contributed by atoms with E-state index in [-0.39, 0.29) is 0 Å². The summed E-state index contributed by atoms with van der Waals surface area (Å²) in [4.78, 5) is 0.